The van der Waals surface area contributed by atoms with E-state index in [0.717, 1.165) is 44.9 Å². The van der Waals surface area contributed by atoms with Crippen LogP contribution in [0.2, 0.25) is 0 Å². The second-order valence-corrected chi connectivity index (χ2v) is 5.10. The molecule has 0 saturated heterocycles. The largest absolute Gasteiger partial charge is 0.353 e. The summed E-state index contributed by atoms with van der Waals surface area (Å²) in [4.78, 5) is 12.0. The number of nitrogens with one attached hydrogen (secondary N) is 1. The number of hydrogen-bond acceptors (Lipinski definition) is 2. The van der Waals surface area contributed by atoms with Crippen molar-refractivity contribution in [2.45, 2.75) is 57.0 Å². The van der Waals surface area contributed by atoms with Crippen LogP contribution in [0.1, 0.15) is 44.9 Å². The average molecular weight is 222 g/mol. The molecular formula is C13H22N2O. The van der Waals surface area contributed by atoms with Gasteiger partial charge in [0.25, 0.3) is 0 Å². The summed E-state index contributed by atoms with van der Waals surface area (Å²) in [6, 6.07) is 0.726. The van der Waals surface area contributed by atoms with E-state index in [1.165, 1.54) is 0 Å². The summed E-state index contributed by atoms with van der Waals surface area (Å²) >= 11 is 0. The molecule has 0 spiro atoms. The predicted molar refractivity (Wildman–Crippen MR) is 64.9 cm³/mol. The van der Waals surface area contributed by atoms with Crippen molar-refractivity contribution in [1.82, 2.24) is 5.32 Å². The zero-order valence-corrected chi connectivity index (χ0v) is 9.82. The molecule has 1 atom stereocenters. The first kappa shape index (κ1) is 11.6. The lowest BCUT2D eigenvalue weighted by atomic mass is 9.89. The summed E-state index contributed by atoms with van der Waals surface area (Å²) in [7, 11) is 0. The molecular weight excluding hydrogens is 200 g/mol. The first-order chi connectivity index (χ1) is 7.75. The third-order valence-corrected chi connectivity index (χ3v) is 3.76. The number of allylic oxidation sites excluding steroid dienone is 2. The van der Waals surface area contributed by atoms with Gasteiger partial charge in [-0.05, 0) is 44.9 Å². The molecule has 0 heterocycles. The Morgan fingerprint density at radius 1 is 1.12 bits per heavy atom. The van der Waals surface area contributed by atoms with Crippen LogP contribution in [-0.4, -0.2) is 18.0 Å². The Morgan fingerprint density at radius 3 is 2.50 bits per heavy atom. The molecule has 0 bridgehead atoms. The summed E-state index contributed by atoms with van der Waals surface area (Å²) in [5.74, 6) is 0.463. The summed E-state index contributed by atoms with van der Waals surface area (Å²) in [5.41, 5.74) is 5.85. The Balaban J connectivity index is 1.76. The van der Waals surface area contributed by atoms with Crippen molar-refractivity contribution in [3.8, 4) is 0 Å². The topological polar surface area (TPSA) is 55.1 Å². The molecule has 0 aromatic rings. The first-order valence-electron chi connectivity index (χ1n) is 6.46. The number of carbonyl (C=O) groups is 1. The maximum absolute atomic E-state index is 12.0. The third-order valence-electron chi connectivity index (χ3n) is 3.76. The maximum Gasteiger partial charge on any atom is 0.223 e. The molecule has 2 rings (SSSR count). The van der Waals surface area contributed by atoms with Crippen LogP contribution in [0, 0.1) is 5.92 Å². The number of carbonyl (C=O) groups excluding carboxylic acids is 1. The Labute approximate surface area is 97.5 Å². The van der Waals surface area contributed by atoms with Crippen LogP contribution in [-0.2, 0) is 4.79 Å². The second-order valence-electron chi connectivity index (χ2n) is 5.10. The van der Waals surface area contributed by atoms with Gasteiger partial charge in [-0.15, -0.1) is 0 Å². The van der Waals surface area contributed by atoms with E-state index < -0.39 is 0 Å². The van der Waals surface area contributed by atoms with Crippen molar-refractivity contribution >= 4 is 5.91 Å². The molecule has 1 fully saturated rings. The summed E-state index contributed by atoms with van der Waals surface area (Å²) in [6.45, 7) is 0. The molecule has 1 unspecified atom stereocenters. The lowest BCUT2D eigenvalue weighted by molar-refractivity contribution is -0.126. The molecule has 2 aliphatic rings. The van der Waals surface area contributed by atoms with Crippen molar-refractivity contribution in [3.63, 3.8) is 0 Å². The van der Waals surface area contributed by atoms with Gasteiger partial charge in [-0.1, -0.05) is 12.2 Å². The molecule has 3 heteroatoms. The first-order valence-corrected chi connectivity index (χ1v) is 6.46. The van der Waals surface area contributed by atoms with Crippen LogP contribution >= 0.6 is 0 Å². The fourth-order valence-corrected chi connectivity index (χ4v) is 2.61. The summed E-state index contributed by atoms with van der Waals surface area (Å²) < 4.78 is 0. The molecule has 90 valence electrons. The number of nitrogens with two attached hydrogens (primary N) is 1. The van der Waals surface area contributed by atoms with Gasteiger partial charge in [-0.3, -0.25) is 4.79 Å². The molecule has 1 amide bonds. The van der Waals surface area contributed by atoms with Gasteiger partial charge in [0.1, 0.15) is 0 Å². The van der Waals surface area contributed by atoms with Crippen LogP contribution < -0.4 is 11.1 Å². The highest BCUT2D eigenvalue weighted by Crippen LogP contribution is 2.21. The third kappa shape index (κ3) is 3.08. The van der Waals surface area contributed by atoms with Crippen molar-refractivity contribution in [3.05, 3.63) is 12.2 Å². The number of rotatable bonds is 2. The van der Waals surface area contributed by atoms with E-state index in [1.807, 2.05) is 0 Å². The van der Waals surface area contributed by atoms with Gasteiger partial charge in [0.05, 0.1) is 0 Å². The normalized spacial score (nSPS) is 34.7. The average Bonchev–Trinajstić information content (AvgIpc) is 2.33. The minimum absolute atomic E-state index is 0.209. The molecule has 0 radical (unpaired) electrons. The standard InChI is InChI=1S/C13H22N2O/c14-11-6-8-12(9-7-11)15-13(16)10-4-2-1-3-5-10/h1-2,10-12H,3-9,14H2,(H,15,16). The van der Waals surface area contributed by atoms with Gasteiger partial charge in [0.2, 0.25) is 5.91 Å². The van der Waals surface area contributed by atoms with E-state index in [2.05, 4.69) is 17.5 Å². The molecule has 3 nitrogen and oxygen atoms in total. The van der Waals surface area contributed by atoms with Crippen LogP contribution in [0.5, 0.6) is 0 Å². The van der Waals surface area contributed by atoms with E-state index >= 15 is 0 Å². The zero-order valence-electron chi connectivity index (χ0n) is 9.82. The minimum Gasteiger partial charge on any atom is -0.353 e. The molecule has 0 aromatic carbocycles. The lowest BCUT2D eigenvalue weighted by Crippen LogP contribution is -2.43. The lowest BCUT2D eigenvalue weighted by Gasteiger charge is -2.28. The van der Waals surface area contributed by atoms with Gasteiger partial charge in [0, 0.05) is 18.0 Å². The monoisotopic (exact) mass is 222 g/mol. The van der Waals surface area contributed by atoms with Crippen LogP contribution in [0.25, 0.3) is 0 Å². The fraction of sp³-hybridized carbons (Fsp3) is 0.769. The Bertz CT molecular complexity index is 267. The summed E-state index contributed by atoms with van der Waals surface area (Å²) in [6.07, 6.45) is 11.5. The van der Waals surface area contributed by atoms with Gasteiger partial charge in [-0.2, -0.15) is 0 Å². The minimum atomic E-state index is 0.209. The maximum atomic E-state index is 12.0. The van der Waals surface area contributed by atoms with E-state index in [1.54, 1.807) is 0 Å². The van der Waals surface area contributed by atoms with E-state index in [4.69, 9.17) is 5.73 Å². The Kier molecular flexibility index (Phi) is 3.99. The van der Waals surface area contributed by atoms with Crippen LogP contribution in [0.15, 0.2) is 12.2 Å². The number of amides is 1. The van der Waals surface area contributed by atoms with Crippen LogP contribution in [0.4, 0.5) is 0 Å². The van der Waals surface area contributed by atoms with Gasteiger partial charge < -0.3 is 11.1 Å². The SMILES string of the molecule is NC1CCC(NC(=O)C2CC=CCC2)CC1. The molecule has 0 aliphatic heterocycles. The van der Waals surface area contributed by atoms with E-state index in [-0.39, 0.29) is 11.8 Å². The van der Waals surface area contributed by atoms with E-state index in [9.17, 15) is 4.79 Å². The Hall–Kier alpha value is -0.830. The van der Waals surface area contributed by atoms with Crippen molar-refractivity contribution in [2.75, 3.05) is 0 Å². The van der Waals surface area contributed by atoms with Crippen molar-refractivity contribution in [1.29, 1.82) is 0 Å². The number of hydrogen-bond donors (Lipinski definition) is 2. The smallest absolute Gasteiger partial charge is 0.223 e. The highest BCUT2D eigenvalue weighted by Gasteiger charge is 2.24. The van der Waals surface area contributed by atoms with Crippen molar-refractivity contribution < 1.29 is 4.79 Å². The molecule has 1 saturated carbocycles. The fourth-order valence-electron chi connectivity index (χ4n) is 2.61. The highest BCUT2D eigenvalue weighted by atomic mass is 16.1. The van der Waals surface area contributed by atoms with Crippen LogP contribution in [0.3, 0.4) is 0 Å². The van der Waals surface area contributed by atoms with E-state index in [0.29, 0.717) is 12.1 Å². The van der Waals surface area contributed by atoms with Gasteiger partial charge >= 0.3 is 0 Å². The van der Waals surface area contributed by atoms with Gasteiger partial charge in [0.15, 0.2) is 0 Å². The van der Waals surface area contributed by atoms with Gasteiger partial charge in [-0.25, -0.2) is 0 Å². The zero-order chi connectivity index (χ0) is 11.4. The highest BCUT2D eigenvalue weighted by molar-refractivity contribution is 5.79. The quantitative estimate of drug-likeness (QED) is 0.699. The van der Waals surface area contributed by atoms with Crippen molar-refractivity contribution in [2.24, 2.45) is 11.7 Å². The second kappa shape index (κ2) is 5.48. The molecule has 2 aliphatic carbocycles. The predicted octanol–water partition coefficient (Wildman–Crippen LogP) is 1.73. The molecule has 16 heavy (non-hydrogen) atoms. The summed E-state index contributed by atoms with van der Waals surface area (Å²) in [5, 5.41) is 3.18. The Morgan fingerprint density at radius 2 is 1.88 bits per heavy atom. The molecule has 3 N–H and O–H groups in total. The molecule has 0 aromatic heterocycles.